The van der Waals surface area contributed by atoms with E-state index in [-0.39, 0.29) is 5.88 Å². The lowest BCUT2D eigenvalue weighted by Gasteiger charge is -2.19. The van der Waals surface area contributed by atoms with Gasteiger partial charge in [-0.1, -0.05) is 0 Å². The summed E-state index contributed by atoms with van der Waals surface area (Å²) in [7, 11) is 0. The number of nitrogens with two attached hydrogens (primary N) is 1. The van der Waals surface area contributed by atoms with Gasteiger partial charge in [-0.2, -0.15) is 4.42 Å². The molecule has 6 nitrogen and oxygen atoms in total. The molecule has 1 fully saturated rings. The Morgan fingerprint density at radius 3 is 1.94 bits per heavy atom. The Balaban J connectivity index is 0.000000385. The molecule has 0 unspecified atom stereocenters. The highest BCUT2D eigenvalue weighted by Gasteiger charge is 2.50. The highest BCUT2D eigenvalue weighted by Crippen LogP contribution is 2.31. The van der Waals surface area contributed by atoms with Gasteiger partial charge in [0.1, 0.15) is 11.4 Å². The van der Waals surface area contributed by atoms with Crippen LogP contribution in [0, 0.1) is 0 Å². The predicted molar refractivity (Wildman–Crippen MR) is 62.9 cm³/mol. The number of primary amides is 1. The number of carbonyl (C=O) groups excluding carboxylic acids is 3. The molecule has 0 saturated carbocycles. The smallest absolute Gasteiger partial charge is 0.352 e. The van der Waals surface area contributed by atoms with Crippen molar-refractivity contribution in [3.63, 3.8) is 0 Å². The Morgan fingerprint density at radius 2 is 1.88 bits per heavy atom. The van der Waals surface area contributed by atoms with E-state index in [1.165, 1.54) is 0 Å². The summed E-state index contributed by atoms with van der Waals surface area (Å²) in [4.78, 5) is 31.6. The summed E-state index contributed by atoms with van der Waals surface area (Å²) in [6.45, 7) is 3.20. The average molecular weight is 335 g/mol. The SMILES string of the molecule is CC1(C)C(=O)N(Cl)C(=O)N1Br.NC(=O)CCl. The molecular weight excluding hydrogens is 325 g/mol. The molecule has 0 aromatic rings. The van der Waals surface area contributed by atoms with Gasteiger partial charge in [0.15, 0.2) is 0 Å². The summed E-state index contributed by atoms with van der Waals surface area (Å²) in [6.07, 6.45) is 0. The Hall–Kier alpha value is -0.530. The van der Waals surface area contributed by atoms with Crippen LogP contribution in [0.5, 0.6) is 0 Å². The second-order valence-electron chi connectivity index (χ2n) is 3.31. The predicted octanol–water partition coefficient (Wildman–Crippen LogP) is 1.20. The molecule has 0 radical (unpaired) electrons. The van der Waals surface area contributed by atoms with Crippen LogP contribution in [0.1, 0.15) is 13.8 Å². The zero-order chi connectivity index (χ0) is 13.1. The Kier molecular flexibility index (Phi) is 5.51. The lowest BCUT2D eigenvalue weighted by molar-refractivity contribution is -0.127. The van der Waals surface area contributed by atoms with E-state index in [1.807, 2.05) is 0 Å². The molecule has 0 atom stereocenters. The largest absolute Gasteiger partial charge is 0.369 e. The fourth-order valence-corrected chi connectivity index (χ4v) is 1.41. The van der Waals surface area contributed by atoms with Crippen molar-refractivity contribution in [3.05, 3.63) is 0 Å². The van der Waals surface area contributed by atoms with Crippen molar-refractivity contribution in [2.45, 2.75) is 19.4 Å². The number of hydrogen-bond acceptors (Lipinski definition) is 3. The Labute approximate surface area is 111 Å². The van der Waals surface area contributed by atoms with Crippen molar-refractivity contribution in [2.24, 2.45) is 5.73 Å². The number of urea groups is 1. The summed E-state index contributed by atoms with van der Waals surface area (Å²) in [6, 6.07) is -0.554. The summed E-state index contributed by atoms with van der Waals surface area (Å²) in [5.74, 6) is -0.993. The van der Waals surface area contributed by atoms with Gasteiger partial charge < -0.3 is 5.73 Å². The minimum Gasteiger partial charge on any atom is -0.369 e. The van der Waals surface area contributed by atoms with Crippen molar-refractivity contribution in [2.75, 3.05) is 5.88 Å². The van der Waals surface area contributed by atoms with E-state index in [4.69, 9.17) is 23.4 Å². The highest BCUT2D eigenvalue weighted by molar-refractivity contribution is 9.07. The molecule has 1 rings (SSSR count). The molecule has 0 aliphatic carbocycles. The third-order valence-electron chi connectivity index (χ3n) is 1.66. The first kappa shape index (κ1) is 15.5. The first-order valence-electron chi connectivity index (χ1n) is 4.00. The summed E-state index contributed by atoms with van der Waals surface area (Å²) in [5.41, 5.74) is 3.63. The third kappa shape index (κ3) is 3.23. The van der Waals surface area contributed by atoms with E-state index < -0.39 is 23.4 Å². The number of nitrogens with zero attached hydrogens (tertiary/aromatic N) is 2. The maximum Gasteiger partial charge on any atom is 0.352 e. The van der Waals surface area contributed by atoms with Gasteiger partial charge in [0.2, 0.25) is 5.91 Å². The second kappa shape index (κ2) is 5.70. The van der Waals surface area contributed by atoms with Crippen LogP contribution >= 0.6 is 39.5 Å². The van der Waals surface area contributed by atoms with Crippen molar-refractivity contribution < 1.29 is 14.4 Å². The van der Waals surface area contributed by atoms with E-state index in [2.05, 4.69) is 21.9 Å². The quantitative estimate of drug-likeness (QED) is 0.444. The van der Waals surface area contributed by atoms with Gasteiger partial charge >= 0.3 is 6.03 Å². The van der Waals surface area contributed by atoms with Crippen LogP contribution in [0.3, 0.4) is 0 Å². The number of amides is 4. The molecule has 0 spiro atoms. The van der Waals surface area contributed by atoms with E-state index in [0.29, 0.717) is 4.42 Å². The molecule has 16 heavy (non-hydrogen) atoms. The molecule has 4 amide bonds. The van der Waals surface area contributed by atoms with Gasteiger partial charge in [-0.25, -0.2) is 8.72 Å². The number of hydrogen-bond donors (Lipinski definition) is 1. The maximum atomic E-state index is 11.1. The molecule has 0 bridgehead atoms. The molecule has 1 saturated heterocycles. The fourth-order valence-electron chi connectivity index (χ4n) is 0.727. The van der Waals surface area contributed by atoms with Gasteiger partial charge in [0, 0.05) is 11.8 Å². The summed E-state index contributed by atoms with van der Waals surface area (Å²) >= 11 is 13.2. The number of rotatable bonds is 1. The van der Waals surface area contributed by atoms with Crippen molar-refractivity contribution in [1.82, 2.24) is 8.34 Å². The second-order valence-corrected chi connectivity index (χ2v) is 4.62. The number of alkyl halides is 1. The van der Waals surface area contributed by atoms with Gasteiger partial charge in [-0.3, -0.25) is 9.59 Å². The van der Waals surface area contributed by atoms with Gasteiger partial charge in [-0.05, 0) is 13.8 Å². The summed E-state index contributed by atoms with van der Waals surface area (Å²) in [5, 5.41) is 0. The molecule has 0 aromatic heterocycles. The van der Waals surface area contributed by atoms with Gasteiger partial charge in [0.25, 0.3) is 5.91 Å². The van der Waals surface area contributed by atoms with Crippen LogP contribution in [-0.2, 0) is 9.59 Å². The van der Waals surface area contributed by atoms with Crippen molar-refractivity contribution in [3.8, 4) is 0 Å². The molecule has 1 aliphatic heterocycles. The molecule has 1 aliphatic rings. The average Bonchev–Trinajstić information content (AvgIpc) is 2.35. The minimum absolute atomic E-state index is 0.0833. The molecule has 92 valence electrons. The zero-order valence-corrected chi connectivity index (χ0v) is 11.6. The highest BCUT2D eigenvalue weighted by atomic mass is 79.9. The van der Waals surface area contributed by atoms with Gasteiger partial charge in [-0.15, -0.1) is 11.6 Å². The van der Waals surface area contributed by atoms with Crippen LogP contribution in [-0.4, -0.2) is 37.6 Å². The normalized spacial score (nSPS) is 18.3. The lowest BCUT2D eigenvalue weighted by atomic mass is 10.1. The van der Waals surface area contributed by atoms with E-state index >= 15 is 0 Å². The minimum atomic E-state index is -0.890. The van der Waals surface area contributed by atoms with Crippen molar-refractivity contribution in [1.29, 1.82) is 0 Å². The number of halogens is 3. The maximum absolute atomic E-state index is 11.1. The topological polar surface area (TPSA) is 83.7 Å². The Morgan fingerprint density at radius 1 is 1.50 bits per heavy atom. The van der Waals surface area contributed by atoms with E-state index in [9.17, 15) is 14.4 Å². The van der Waals surface area contributed by atoms with Gasteiger partial charge in [0.05, 0.1) is 16.1 Å². The van der Waals surface area contributed by atoms with Crippen LogP contribution < -0.4 is 5.73 Å². The fraction of sp³-hybridized carbons (Fsp3) is 0.571. The monoisotopic (exact) mass is 333 g/mol. The van der Waals surface area contributed by atoms with Crippen LogP contribution in [0.2, 0.25) is 0 Å². The third-order valence-corrected chi connectivity index (χ3v) is 3.41. The molecule has 0 aromatic carbocycles. The van der Waals surface area contributed by atoms with E-state index in [0.717, 1.165) is 3.93 Å². The number of carbonyl (C=O) groups is 3. The van der Waals surface area contributed by atoms with Crippen molar-refractivity contribution >= 4 is 57.4 Å². The molecular formula is C7H10BrCl2N3O3. The van der Waals surface area contributed by atoms with Crippen LogP contribution in [0.4, 0.5) is 4.79 Å². The lowest BCUT2D eigenvalue weighted by Crippen LogP contribution is -2.37. The van der Waals surface area contributed by atoms with Crippen LogP contribution in [0.15, 0.2) is 0 Å². The Bertz CT molecular complexity index is 324. The number of imide groups is 1. The molecule has 1 heterocycles. The molecule has 2 N–H and O–H groups in total. The van der Waals surface area contributed by atoms with Crippen LogP contribution in [0.25, 0.3) is 0 Å². The van der Waals surface area contributed by atoms with E-state index in [1.54, 1.807) is 13.8 Å². The molecule has 9 heteroatoms. The first-order valence-corrected chi connectivity index (χ1v) is 5.59. The standard InChI is InChI=1S/C5H6BrClN2O2.C2H4ClNO/c1-5(2)3(10)8(7)4(11)9(5)6;3-1-2(4)5/h1-2H3;1H2,(H2,4,5). The zero-order valence-electron chi connectivity index (χ0n) is 8.54. The first-order chi connectivity index (χ1) is 7.16. The summed E-state index contributed by atoms with van der Waals surface area (Å²) < 4.78 is 1.68.